The van der Waals surface area contributed by atoms with Crippen LogP contribution in [0.25, 0.3) is 0 Å². The van der Waals surface area contributed by atoms with Gasteiger partial charge in [0.1, 0.15) is 6.10 Å². The normalized spacial score (nSPS) is 44.5. The molecule has 0 spiro atoms. The SMILES string of the molecule is CC[C@@H](CC[C@@H](C)[C@@H]1CC[C@@H]2[C@@H]3CC[C@H]4C[C@H](OC(C)=O)CC[C@]4(C)[C@@H]3CC[C@@]21C)C(C)C. The van der Waals surface area contributed by atoms with Crippen molar-refractivity contribution in [3.8, 4) is 0 Å². The fourth-order valence-corrected chi connectivity index (χ4v) is 10.2. The first kappa shape index (κ1) is 25.6. The number of carbonyl (C=O) groups is 1. The van der Waals surface area contributed by atoms with Crippen LogP contribution in [0.1, 0.15) is 126 Å². The maximum absolute atomic E-state index is 11.5. The molecule has 0 saturated heterocycles. The third-order valence-corrected chi connectivity index (χ3v) is 12.2. The fraction of sp³-hybridized carbons (Fsp3) is 0.968. The molecule has 4 saturated carbocycles. The van der Waals surface area contributed by atoms with Crippen molar-refractivity contribution in [2.45, 2.75) is 132 Å². The van der Waals surface area contributed by atoms with Crippen LogP contribution in [0.4, 0.5) is 0 Å². The maximum atomic E-state index is 11.5. The zero-order chi connectivity index (χ0) is 24.0. The predicted octanol–water partition coefficient (Wildman–Crippen LogP) is 8.68. The van der Waals surface area contributed by atoms with Gasteiger partial charge in [0.05, 0.1) is 0 Å². The van der Waals surface area contributed by atoms with Gasteiger partial charge in [0, 0.05) is 6.92 Å². The summed E-state index contributed by atoms with van der Waals surface area (Å²) in [6.07, 6.45) is 16.6. The molecule has 4 fully saturated rings. The van der Waals surface area contributed by atoms with E-state index in [0.717, 1.165) is 60.2 Å². The van der Waals surface area contributed by atoms with Gasteiger partial charge in [-0.1, -0.05) is 54.4 Å². The number of esters is 1. The summed E-state index contributed by atoms with van der Waals surface area (Å²) in [5.74, 6) is 7.06. The van der Waals surface area contributed by atoms with Gasteiger partial charge < -0.3 is 4.74 Å². The van der Waals surface area contributed by atoms with E-state index in [0.29, 0.717) is 10.8 Å². The molecule has 0 radical (unpaired) electrons. The van der Waals surface area contributed by atoms with Gasteiger partial charge in [-0.3, -0.25) is 4.79 Å². The van der Waals surface area contributed by atoms with Gasteiger partial charge in [-0.05, 0) is 122 Å². The van der Waals surface area contributed by atoms with Gasteiger partial charge in [-0.15, -0.1) is 0 Å². The average Bonchev–Trinajstić information content (AvgIpc) is 3.11. The molecule has 190 valence electrons. The van der Waals surface area contributed by atoms with Gasteiger partial charge in [-0.2, -0.15) is 0 Å². The summed E-state index contributed by atoms with van der Waals surface area (Å²) < 4.78 is 5.67. The number of rotatable bonds is 7. The number of fused-ring (bicyclic) bond motifs is 5. The first-order valence-corrected chi connectivity index (χ1v) is 14.8. The van der Waals surface area contributed by atoms with Crippen LogP contribution in [0.2, 0.25) is 0 Å². The lowest BCUT2D eigenvalue weighted by Crippen LogP contribution is -2.54. The molecule has 0 bridgehead atoms. The summed E-state index contributed by atoms with van der Waals surface area (Å²) in [5, 5.41) is 0. The summed E-state index contributed by atoms with van der Waals surface area (Å²) in [7, 11) is 0. The Morgan fingerprint density at radius 2 is 1.61 bits per heavy atom. The number of ether oxygens (including phenoxy) is 1. The second-order valence-electron chi connectivity index (χ2n) is 13.9. The zero-order valence-corrected chi connectivity index (χ0v) is 23.0. The van der Waals surface area contributed by atoms with Crippen LogP contribution in [0.15, 0.2) is 0 Å². The Morgan fingerprint density at radius 3 is 2.27 bits per heavy atom. The topological polar surface area (TPSA) is 26.3 Å². The zero-order valence-electron chi connectivity index (χ0n) is 23.0. The summed E-state index contributed by atoms with van der Waals surface area (Å²) in [6, 6.07) is 0. The Morgan fingerprint density at radius 1 is 0.909 bits per heavy atom. The fourth-order valence-electron chi connectivity index (χ4n) is 10.2. The molecule has 2 nitrogen and oxygen atoms in total. The minimum Gasteiger partial charge on any atom is -0.463 e. The Hall–Kier alpha value is -0.530. The minimum absolute atomic E-state index is 0.0875. The molecule has 0 unspecified atom stereocenters. The highest BCUT2D eigenvalue weighted by Crippen LogP contribution is 2.68. The largest absolute Gasteiger partial charge is 0.463 e. The third-order valence-electron chi connectivity index (χ3n) is 12.2. The van der Waals surface area contributed by atoms with Crippen LogP contribution >= 0.6 is 0 Å². The third kappa shape index (κ3) is 4.67. The summed E-state index contributed by atoms with van der Waals surface area (Å²) in [4.78, 5) is 11.5. The number of hydrogen-bond acceptors (Lipinski definition) is 2. The van der Waals surface area contributed by atoms with E-state index in [4.69, 9.17) is 4.74 Å². The Kier molecular flexibility index (Phi) is 7.63. The van der Waals surface area contributed by atoms with E-state index in [1.807, 2.05) is 0 Å². The molecule has 0 heterocycles. The standard InChI is InChI=1S/C31H54O2/c1-8-23(20(2)3)10-9-21(4)27-13-14-28-26-12-11-24-19-25(33-22(5)32)15-17-30(24,6)29(26)16-18-31(27,28)7/h20-21,23-29H,8-19H2,1-7H3/t21-,23+,24+,25-,26+,27+,28-,29-,30+,31-/m1/s1. The molecule has 4 rings (SSSR count). The van der Waals surface area contributed by atoms with Crippen LogP contribution in [0, 0.1) is 58.2 Å². The van der Waals surface area contributed by atoms with E-state index < -0.39 is 0 Å². The first-order chi connectivity index (χ1) is 15.6. The monoisotopic (exact) mass is 458 g/mol. The van der Waals surface area contributed by atoms with Crippen molar-refractivity contribution in [1.29, 1.82) is 0 Å². The van der Waals surface area contributed by atoms with Gasteiger partial charge in [0.25, 0.3) is 0 Å². The van der Waals surface area contributed by atoms with Crippen LogP contribution < -0.4 is 0 Å². The van der Waals surface area contributed by atoms with E-state index >= 15 is 0 Å². The van der Waals surface area contributed by atoms with E-state index in [1.165, 1.54) is 64.2 Å². The highest BCUT2D eigenvalue weighted by molar-refractivity contribution is 5.66. The predicted molar refractivity (Wildman–Crippen MR) is 138 cm³/mol. The second kappa shape index (κ2) is 9.85. The molecule has 10 atom stereocenters. The van der Waals surface area contributed by atoms with Crippen molar-refractivity contribution >= 4 is 5.97 Å². The van der Waals surface area contributed by atoms with Crippen molar-refractivity contribution in [2.24, 2.45) is 58.2 Å². The van der Waals surface area contributed by atoms with E-state index in [2.05, 4.69) is 41.5 Å². The molecule has 0 N–H and O–H groups in total. The van der Waals surface area contributed by atoms with Gasteiger partial charge in [-0.25, -0.2) is 0 Å². The molecule has 0 aromatic carbocycles. The summed E-state index contributed by atoms with van der Waals surface area (Å²) in [6.45, 7) is 16.8. The second-order valence-corrected chi connectivity index (χ2v) is 13.9. The lowest BCUT2D eigenvalue weighted by Gasteiger charge is -2.61. The average molecular weight is 459 g/mol. The van der Waals surface area contributed by atoms with Crippen LogP contribution in [0.3, 0.4) is 0 Å². The van der Waals surface area contributed by atoms with Crippen LogP contribution in [-0.4, -0.2) is 12.1 Å². The van der Waals surface area contributed by atoms with E-state index in [9.17, 15) is 4.79 Å². The van der Waals surface area contributed by atoms with Crippen molar-refractivity contribution in [2.75, 3.05) is 0 Å². The number of hydrogen-bond donors (Lipinski definition) is 0. The first-order valence-electron chi connectivity index (χ1n) is 14.8. The molecule has 4 aliphatic carbocycles. The van der Waals surface area contributed by atoms with Crippen molar-refractivity contribution in [3.63, 3.8) is 0 Å². The quantitative estimate of drug-likeness (QED) is 0.357. The Bertz CT molecular complexity index is 684. The molecule has 0 aliphatic heterocycles. The highest BCUT2D eigenvalue weighted by atomic mass is 16.5. The van der Waals surface area contributed by atoms with Crippen molar-refractivity contribution in [3.05, 3.63) is 0 Å². The molecule has 0 aromatic heterocycles. The maximum Gasteiger partial charge on any atom is 0.302 e. The lowest BCUT2D eigenvalue weighted by molar-refractivity contribution is -0.160. The van der Waals surface area contributed by atoms with Crippen LogP contribution in [-0.2, 0) is 9.53 Å². The molecule has 0 aromatic rings. The summed E-state index contributed by atoms with van der Waals surface area (Å²) >= 11 is 0. The Labute approximate surface area is 205 Å². The molecule has 33 heavy (non-hydrogen) atoms. The van der Waals surface area contributed by atoms with E-state index in [-0.39, 0.29) is 12.1 Å². The van der Waals surface area contributed by atoms with Crippen molar-refractivity contribution < 1.29 is 9.53 Å². The van der Waals surface area contributed by atoms with E-state index in [1.54, 1.807) is 6.92 Å². The van der Waals surface area contributed by atoms with Crippen molar-refractivity contribution in [1.82, 2.24) is 0 Å². The molecule has 2 heteroatoms. The number of carbonyl (C=O) groups excluding carboxylic acids is 1. The lowest BCUT2D eigenvalue weighted by atomic mass is 9.44. The molecule has 0 amide bonds. The van der Waals surface area contributed by atoms with Gasteiger partial charge in [0.15, 0.2) is 0 Å². The van der Waals surface area contributed by atoms with Gasteiger partial charge >= 0.3 is 5.97 Å². The minimum atomic E-state index is -0.0875. The smallest absolute Gasteiger partial charge is 0.302 e. The highest BCUT2D eigenvalue weighted by Gasteiger charge is 2.60. The molecular formula is C31H54O2. The van der Waals surface area contributed by atoms with Gasteiger partial charge in [0.2, 0.25) is 0 Å². The summed E-state index contributed by atoms with van der Waals surface area (Å²) in [5.41, 5.74) is 1.06. The van der Waals surface area contributed by atoms with Crippen LogP contribution in [0.5, 0.6) is 0 Å². The molecular weight excluding hydrogens is 404 g/mol. The Balaban J connectivity index is 1.42. The molecule has 4 aliphatic rings.